The lowest BCUT2D eigenvalue weighted by Gasteiger charge is -2.05. The third kappa shape index (κ3) is 0.827. The molecule has 12 heavy (non-hydrogen) atoms. The fourth-order valence-corrected chi connectivity index (χ4v) is 1.36. The molecule has 1 aromatic rings. The zero-order valence-corrected chi connectivity index (χ0v) is 6.28. The number of nitrogens with one attached hydrogen (secondary N) is 1. The van der Waals surface area contributed by atoms with E-state index in [1.807, 2.05) is 0 Å². The quantitative estimate of drug-likeness (QED) is 0.611. The number of hydrogen-bond acceptors (Lipinski definition) is 3. The lowest BCUT2D eigenvalue weighted by Crippen LogP contribution is -2.14. The number of aromatic nitrogens is 2. The van der Waals surface area contributed by atoms with Gasteiger partial charge in [0.2, 0.25) is 6.41 Å². The van der Waals surface area contributed by atoms with Crippen LogP contribution in [0.1, 0.15) is 21.7 Å². The number of fused-ring (bicyclic) bond motifs is 1. The Morgan fingerprint density at radius 3 is 2.92 bits per heavy atom. The Balaban J connectivity index is 2.36. The van der Waals surface area contributed by atoms with Crippen molar-refractivity contribution in [1.29, 1.82) is 0 Å². The minimum absolute atomic E-state index is 0.411. The van der Waals surface area contributed by atoms with Crippen LogP contribution >= 0.6 is 0 Å². The van der Waals surface area contributed by atoms with E-state index >= 15 is 0 Å². The maximum Gasteiger partial charge on any atom is 0.210 e. The molecule has 0 unspecified atom stereocenters. The van der Waals surface area contributed by atoms with E-state index in [0.717, 1.165) is 17.7 Å². The second-order valence-corrected chi connectivity index (χ2v) is 2.69. The van der Waals surface area contributed by atoms with Crippen molar-refractivity contribution >= 4 is 12.7 Å². The zero-order valence-electron chi connectivity index (χ0n) is 6.28. The monoisotopic (exact) mass is 165 g/mol. The molecule has 0 fully saturated rings. The fraction of sp³-hybridized carbons (Fsp3) is 0.286. The van der Waals surface area contributed by atoms with E-state index in [-0.39, 0.29) is 0 Å². The maximum atomic E-state index is 10.4. The normalized spacial score (nSPS) is 14.5. The average Bonchev–Trinajstić information content (AvgIpc) is 2.61. The number of nitrogens with zero attached hydrogens (tertiary/aromatic N) is 2. The second-order valence-electron chi connectivity index (χ2n) is 2.69. The minimum Gasteiger partial charge on any atom is -0.335 e. The number of aldehydes is 1. The Hall–Kier alpha value is -1.65. The van der Waals surface area contributed by atoms with Gasteiger partial charge in [-0.05, 0) is 0 Å². The molecule has 0 aliphatic carbocycles. The molecule has 1 aliphatic rings. The molecule has 5 heteroatoms. The molecule has 1 aromatic heterocycles. The smallest absolute Gasteiger partial charge is 0.210 e. The first-order valence-corrected chi connectivity index (χ1v) is 3.56. The van der Waals surface area contributed by atoms with Crippen LogP contribution in [0.4, 0.5) is 0 Å². The van der Waals surface area contributed by atoms with Crippen LogP contribution in [-0.2, 0) is 17.9 Å². The largest absolute Gasteiger partial charge is 0.335 e. The molecule has 0 saturated carbocycles. The van der Waals surface area contributed by atoms with Gasteiger partial charge in [-0.1, -0.05) is 0 Å². The molecule has 0 spiro atoms. The Labute approximate surface area is 68.4 Å². The van der Waals surface area contributed by atoms with E-state index in [1.165, 1.54) is 0 Å². The van der Waals surface area contributed by atoms with Crippen LogP contribution in [0.25, 0.3) is 0 Å². The minimum atomic E-state index is 0.411. The number of aromatic amines is 1. The standard InChI is InChI=1S/C7H7N3O2/c11-3-7-5-1-10(4-12)2-6(5)8-9-7/h3-4H,1-2H2,(H,8,9). The van der Waals surface area contributed by atoms with Crippen molar-refractivity contribution in [3.8, 4) is 0 Å². The van der Waals surface area contributed by atoms with Crippen molar-refractivity contribution < 1.29 is 9.59 Å². The first-order chi connectivity index (χ1) is 5.85. The molecule has 0 atom stereocenters. The summed E-state index contributed by atoms with van der Waals surface area (Å²) >= 11 is 0. The Morgan fingerprint density at radius 1 is 1.42 bits per heavy atom. The summed E-state index contributed by atoms with van der Waals surface area (Å²) in [5, 5.41) is 6.51. The van der Waals surface area contributed by atoms with Gasteiger partial charge in [-0.15, -0.1) is 0 Å². The van der Waals surface area contributed by atoms with E-state index < -0.39 is 0 Å². The molecule has 5 nitrogen and oxygen atoms in total. The van der Waals surface area contributed by atoms with Crippen LogP contribution in [0.15, 0.2) is 0 Å². The summed E-state index contributed by atoms with van der Waals surface area (Å²) in [6.45, 7) is 1.02. The van der Waals surface area contributed by atoms with Crippen molar-refractivity contribution in [2.45, 2.75) is 13.1 Å². The highest BCUT2D eigenvalue weighted by Crippen LogP contribution is 2.20. The predicted octanol–water partition coefficient (Wildman–Crippen LogP) is -0.306. The van der Waals surface area contributed by atoms with Crippen molar-refractivity contribution in [2.24, 2.45) is 0 Å². The molecule has 0 saturated heterocycles. The second kappa shape index (κ2) is 2.44. The van der Waals surface area contributed by atoms with Crippen LogP contribution in [-0.4, -0.2) is 27.8 Å². The molecule has 0 radical (unpaired) electrons. The van der Waals surface area contributed by atoms with E-state index in [2.05, 4.69) is 10.2 Å². The molecular formula is C7H7N3O2. The number of hydrogen-bond donors (Lipinski definition) is 1. The summed E-state index contributed by atoms with van der Waals surface area (Å²) in [4.78, 5) is 22.4. The third-order valence-electron chi connectivity index (χ3n) is 1.97. The molecule has 1 N–H and O–H groups in total. The summed E-state index contributed by atoms with van der Waals surface area (Å²) in [5.41, 5.74) is 2.12. The van der Waals surface area contributed by atoms with Crippen molar-refractivity contribution in [2.75, 3.05) is 0 Å². The number of carbonyl (C=O) groups is 2. The first-order valence-electron chi connectivity index (χ1n) is 3.56. The SMILES string of the molecule is O=Cc1n[nH]c2c1CN(C=O)C2. The van der Waals surface area contributed by atoms with Gasteiger partial charge in [-0.2, -0.15) is 5.10 Å². The van der Waals surface area contributed by atoms with Crippen LogP contribution in [0.5, 0.6) is 0 Å². The number of amides is 1. The molecule has 2 rings (SSSR count). The topological polar surface area (TPSA) is 66.1 Å². The lowest BCUT2D eigenvalue weighted by molar-refractivity contribution is -0.118. The molecule has 1 aliphatic heterocycles. The summed E-state index contributed by atoms with van der Waals surface area (Å²) in [5.74, 6) is 0. The van der Waals surface area contributed by atoms with Gasteiger partial charge < -0.3 is 4.90 Å². The van der Waals surface area contributed by atoms with Crippen molar-refractivity contribution in [3.05, 3.63) is 17.0 Å². The average molecular weight is 165 g/mol. The highest BCUT2D eigenvalue weighted by molar-refractivity contribution is 5.75. The first kappa shape index (κ1) is 7.02. The number of H-pyrrole nitrogens is 1. The Bertz CT molecular complexity index is 331. The lowest BCUT2D eigenvalue weighted by atomic mass is 10.2. The van der Waals surface area contributed by atoms with Gasteiger partial charge >= 0.3 is 0 Å². The molecule has 0 aromatic carbocycles. The van der Waals surface area contributed by atoms with Gasteiger partial charge in [0.15, 0.2) is 6.29 Å². The van der Waals surface area contributed by atoms with Crippen molar-refractivity contribution in [1.82, 2.24) is 15.1 Å². The maximum absolute atomic E-state index is 10.4. The molecule has 2 heterocycles. The van der Waals surface area contributed by atoms with Gasteiger partial charge in [0.1, 0.15) is 5.69 Å². The summed E-state index contributed by atoms with van der Waals surface area (Å²) in [6, 6.07) is 0. The van der Waals surface area contributed by atoms with Crippen LogP contribution in [0.3, 0.4) is 0 Å². The summed E-state index contributed by atoms with van der Waals surface area (Å²) in [6.07, 6.45) is 1.46. The van der Waals surface area contributed by atoms with Crippen LogP contribution in [0, 0.1) is 0 Å². The van der Waals surface area contributed by atoms with Crippen LogP contribution in [0.2, 0.25) is 0 Å². The highest BCUT2D eigenvalue weighted by atomic mass is 16.1. The Morgan fingerprint density at radius 2 is 2.25 bits per heavy atom. The van der Waals surface area contributed by atoms with Gasteiger partial charge in [0, 0.05) is 12.1 Å². The van der Waals surface area contributed by atoms with Crippen LogP contribution < -0.4 is 0 Å². The molecule has 0 bridgehead atoms. The Kier molecular flexibility index (Phi) is 1.43. The van der Waals surface area contributed by atoms with E-state index in [4.69, 9.17) is 0 Å². The predicted molar refractivity (Wildman–Crippen MR) is 39.3 cm³/mol. The molecule has 1 amide bonds. The van der Waals surface area contributed by atoms with Gasteiger partial charge in [-0.25, -0.2) is 0 Å². The number of carbonyl (C=O) groups excluding carboxylic acids is 2. The van der Waals surface area contributed by atoms with E-state index in [9.17, 15) is 9.59 Å². The van der Waals surface area contributed by atoms with E-state index in [1.54, 1.807) is 4.90 Å². The fourth-order valence-electron chi connectivity index (χ4n) is 1.36. The summed E-state index contributed by atoms with van der Waals surface area (Å²) < 4.78 is 0. The molecular weight excluding hydrogens is 158 g/mol. The van der Waals surface area contributed by atoms with Gasteiger partial charge in [-0.3, -0.25) is 14.7 Å². The summed E-state index contributed by atoms with van der Waals surface area (Å²) in [7, 11) is 0. The zero-order chi connectivity index (χ0) is 8.55. The highest BCUT2D eigenvalue weighted by Gasteiger charge is 2.22. The van der Waals surface area contributed by atoms with Crippen molar-refractivity contribution in [3.63, 3.8) is 0 Å². The molecule has 62 valence electrons. The number of rotatable bonds is 2. The van der Waals surface area contributed by atoms with Gasteiger partial charge in [0.05, 0.1) is 12.2 Å². The van der Waals surface area contributed by atoms with Gasteiger partial charge in [0.25, 0.3) is 0 Å². The third-order valence-corrected chi connectivity index (χ3v) is 1.97. The van der Waals surface area contributed by atoms with E-state index in [0.29, 0.717) is 25.1 Å².